The van der Waals surface area contributed by atoms with Crippen LogP contribution in [0.25, 0.3) is 6.08 Å². The Balaban J connectivity index is 2.47. The van der Waals surface area contributed by atoms with Crippen LogP contribution < -0.4 is 5.32 Å². The monoisotopic (exact) mass is 367 g/mol. The van der Waals surface area contributed by atoms with Gasteiger partial charge < -0.3 is 14.8 Å². The van der Waals surface area contributed by atoms with E-state index in [4.69, 9.17) is 16.3 Å². The van der Waals surface area contributed by atoms with Crippen LogP contribution in [0.15, 0.2) is 30.3 Å². The summed E-state index contributed by atoms with van der Waals surface area (Å²) in [6.45, 7) is 3.36. The third-order valence-electron chi connectivity index (χ3n) is 3.16. The minimum atomic E-state index is -0.763. The summed E-state index contributed by atoms with van der Waals surface area (Å²) < 4.78 is 9.51. The van der Waals surface area contributed by atoms with Gasteiger partial charge in [0.25, 0.3) is 5.91 Å². The Kier molecular flexibility index (Phi) is 8.70. The van der Waals surface area contributed by atoms with Crippen LogP contribution in [-0.2, 0) is 23.9 Å². The number of benzene rings is 1. The Hall–Kier alpha value is -2.34. The predicted molar refractivity (Wildman–Crippen MR) is 94.8 cm³/mol. The van der Waals surface area contributed by atoms with Crippen molar-refractivity contribution >= 4 is 35.5 Å². The zero-order chi connectivity index (χ0) is 18.8. The van der Waals surface area contributed by atoms with Gasteiger partial charge in [-0.1, -0.05) is 37.6 Å². The minimum Gasteiger partial charge on any atom is -0.467 e. The Bertz CT molecular complexity index is 625. The molecule has 0 fully saturated rings. The Morgan fingerprint density at radius 3 is 2.40 bits per heavy atom. The third-order valence-corrected chi connectivity index (χ3v) is 3.41. The second-order valence-corrected chi connectivity index (χ2v) is 6.20. The molecule has 25 heavy (non-hydrogen) atoms. The molecule has 0 spiro atoms. The lowest BCUT2D eigenvalue weighted by Gasteiger charge is -2.18. The highest BCUT2D eigenvalue weighted by Crippen LogP contribution is 2.10. The second kappa shape index (κ2) is 10.5. The van der Waals surface area contributed by atoms with Crippen molar-refractivity contribution in [1.82, 2.24) is 5.32 Å². The SMILES string of the molecule is COC(=O)C(CC(C)C)NC(=O)COC(=O)/C=C/c1ccc(Cl)cc1. The van der Waals surface area contributed by atoms with Gasteiger partial charge in [-0.05, 0) is 36.1 Å². The molecule has 1 amide bonds. The quantitative estimate of drug-likeness (QED) is 0.564. The molecule has 0 radical (unpaired) electrons. The molecule has 1 unspecified atom stereocenters. The summed E-state index contributed by atoms with van der Waals surface area (Å²) in [6.07, 6.45) is 3.19. The first-order valence-electron chi connectivity index (χ1n) is 7.79. The van der Waals surface area contributed by atoms with E-state index in [9.17, 15) is 14.4 Å². The van der Waals surface area contributed by atoms with Crippen LogP contribution >= 0.6 is 11.6 Å². The molecule has 6 nitrogen and oxygen atoms in total. The molecule has 0 aliphatic carbocycles. The standard InChI is InChI=1S/C18H22ClNO5/c1-12(2)10-15(18(23)24-3)20-16(21)11-25-17(22)9-6-13-4-7-14(19)8-5-13/h4-9,12,15H,10-11H2,1-3H3,(H,20,21)/b9-6+. The van der Waals surface area contributed by atoms with Crippen LogP contribution in [0, 0.1) is 5.92 Å². The van der Waals surface area contributed by atoms with Gasteiger partial charge in [0, 0.05) is 11.1 Å². The lowest BCUT2D eigenvalue weighted by molar-refractivity contribution is -0.148. The number of hydrogen-bond acceptors (Lipinski definition) is 5. The summed E-state index contributed by atoms with van der Waals surface area (Å²) in [5.41, 5.74) is 0.772. The Labute approximate surface area is 152 Å². The van der Waals surface area contributed by atoms with E-state index in [0.717, 1.165) is 5.56 Å². The van der Waals surface area contributed by atoms with Gasteiger partial charge in [-0.3, -0.25) is 4.79 Å². The Morgan fingerprint density at radius 1 is 1.20 bits per heavy atom. The maximum absolute atomic E-state index is 11.8. The normalized spacial score (nSPS) is 12.0. The van der Waals surface area contributed by atoms with Gasteiger partial charge in [0.05, 0.1) is 7.11 Å². The van der Waals surface area contributed by atoms with E-state index in [2.05, 4.69) is 10.1 Å². The number of hydrogen-bond donors (Lipinski definition) is 1. The molecule has 136 valence electrons. The van der Waals surface area contributed by atoms with Gasteiger partial charge in [0.15, 0.2) is 6.61 Å². The number of rotatable bonds is 8. The van der Waals surface area contributed by atoms with E-state index >= 15 is 0 Å². The molecule has 1 aromatic rings. The van der Waals surface area contributed by atoms with Crippen LogP contribution in [-0.4, -0.2) is 37.6 Å². The molecule has 0 saturated carbocycles. The molecule has 1 rings (SSSR count). The highest BCUT2D eigenvalue weighted by molar-refractivity contribution is 6.30. The van der Waals surface area contributed by atoms with Gasteiger partial charge in [0.2, 0.25) is 0 Å². The van der Waals surface area contributed by atoms with Crippen molar-refractivity contribution in [3.05, 3.63) is 40.9 Å². The summed E-state index contributed by atoms with van der Waals surface area (Å²) in [7, 11) is 1.25. The maximum atomic E-state index is 11.8. The molecule has 0 aliphatic heterocycles. The number of methoxy groups -OCH3 is 1. The van der Waals surface area contributed by atoms with Crippen molar-refractivity contribution < 1.29 is 23.9 Å². The maximum Gasteiger partial charge on any atom is 0.331 e. The molecule has 1 aromatic carbocycles. The fourth-order valence-electron chi connectivity index (χ4n) is 1.99. The topological polar surface area (TPSA) is 81.7 Å². The molecular weight excluding hydrogens is 346 g/mol. The summed E-state index contributed by atoms with van der Waals surface area (Å²) >= 11 is 5.77. The van der Waals surface area contributed by atoms with Crippen molar-refractivity contribution in [2.24, 2.45) is 5.92 Å². The van der Waals surface area contributed by atoms with E-state index in [1.807, 2.05) is 13.8 Å². The average molecular weight is 368 g/mol. The van der Waals surface area contributed by atoms with E-state index in [1.54, 1.807) is 30.3 Å². The predicted octanol–water partition coefficient (Wildman–Crippen LogP) is 2.60. The summed E-state index contributed by atoms with van der Waals surface area (Å²) in [5.74, 6) is -1.57. The van der Waals surface area contributed by atoms with E-state index in [-0.39, 0.29) is 5.92 Å². The van der Waals surface area contributed by atoms with Crippen LogP contribution in [0.2, 0.25) is 5.02 Å². The second-order valence-electron chi connectivity index (χ2n) is 5.77. The molecule has 0 heterocycles. The molecular formula is C18H22ClNO5. The fourth-order valence-corrected chi connectivity index (χ4v) is 2.11. The molecule has 0 saturated heterocycles. The summed E-state index contributed by atoms with van der Waals surface area (Å²) in [4.78, 5) is 35.1. The number of amides is 1. The van der Waals surface area contributed by atoms with Crippen LogP contribution in [0.1, 0.15) is 25.8 Å². The molecule has 1 N–H and O–H groups in total. The number of carbonyl (C=O) groups excluding carboxylic acids is 3. The van der Waals surface area contributed by atoms with Crippen molar-refractivity contribution in [2.45, 2.75) is 26.3 Å². The van der Waals surface area contributed by atoms with Gasteiger partial charge >= 0.3 is 11.9 Å². The number of nitrogens with one attached hydrogen (secondary N) is 1. The largest absolute Gasteiger partial charge is 0.467 e. The number of halogens is 1. The zero-order valence-electron chi connectivity index (χ0n) is 14.5. The fraction of sp³-hybridized carbons (Fsp3) is 0.389. The summed E-state index contributed by atoms with van der Waals surface area (Å²) in [6, 6.07) is 6.11. The molecule has 0 bridgehead atoms. The highest BCUT2D eigenvalue weighted by Gasteiger charge is 2.22. The number of carbonyl (C=O) groups is 3. The summed E-state index contributed by atoms with van der Waals surface area (Å²) in [5, 5.41) is 3.10. The van der Waals surface area contributed by atoms with Crippen LogP contribution in [0.4, 0.5) is 0 Å². The van der Waals surface area contributed by atoms with Crippen molar-refractivity contribution in [3.8, 4) is 0 Å². The van der Waals surface area contributed by atoms with E-state index in [1.165, 1.54) is 13.2 Å². The molecule has 0 aliphatic rings. The van der Waals surface area contributed by atoms with Crippen molar-refractivity contribution in [3.63, 3.8) is 0 Å². The first-order chi connectivity index (χ1) is 11.8. The van der Waals surface area contributed by atoms with Gasteiger partial charge in [-0.2, -0.15) is 0 Å². The van der Waals surface area contributed by atoms with Gasteiger partial charge in [-0.25, -0.2) is 9.59 Å². The number of esters is 2. The highest BCUT2D eigenvalue weighted by atomic mass is 35.5. The molecule has 7 heteroatoms. The first kappa shape index (κ1) is 20.7. The Morgan fingerprint density at radius 2 is 1.84 bits per heavy atom. The minimum absolute atomic E-state index is 0.189. The number of ether oxygens (including phenoxy) is 2. The lowest BCUT2D eigenvalue weighted by atomic mass is 10.0. The average Bonchev–Trinajstić information content (AvgIpc) is 2.57. The van der Waals surface area contributed by atoms with Crippen LogP contribution in [0.3, 0.4) is 0 Å². The van der Waals surface area contributed by atoms with E-state index in [0.29, 0.717) is 11.4 Å². The molecule has 1 atom stereocenters. The third kappa shape index (κ3) is 8.35. The van der Waals surface area contributed by atoms with Gasteiger partial charge in [-0.15, -0.1) is 0 Å². The first-order valence-corrected chi connectivity index (χ1v) is 8.17. The van der Waals surface area contributed by atoms with Gasteiger partial charge in [0.1, 0.15) is 6.04 Å². The van der Waals surface area contributed by atoms with Crippen molar-refractivity contribution in [1.29, 1.82) is 0 Å². The van der Waals surface area contributed by atoms with E-state index < -0.39 is 30.5 Å². The molecule has 0 aromatic heterocycles. The lowest BCUT2D eigenvalue weighted by Crippen LogP contribution is -2.44. The van der Waals surface area contributed by atoms with Crippen molar-refractivity contribution in [2.75, 3.05) is 13.7 Å². The smallest absolute Gasteiger partial charge is 0.331 e. The zero-order valence-corrected chi connectivity index (χ0v) is 15.2. The van der Waals surface area contributed by atoms with Crippen LogP contribution in [0.5, 0.6) is 0 Å².